The molecule has 1 amide bonds. The second-order valence-electron chi connectivity index (χ2n) is 6.61. The minimum absolute atomic E-state index is 0.120. The van der Waals surface area contributed by atoms with Gasteiger partial charge < -0.3 is 10.6 Å². The van der Waals surface area contributed by atoms with E-state index >= 15 is 0 Å². The van der Waals surface area contributed by atoms with Crippen LogP contribution < -0.4 is 5.73 Å². The Morgan fingerprint density at radius 3 is 2.47 bits per heavy atom. The van der Waals surface area contributed by atoms with Gasteiger partial charge in [-0.3, -0.25) is 4.79 Å². The highest BCUT2D eigenvalue weighted by Crippen LogP contribution is 2.40. The number of nitrogens with zero attached hydrogens (tertiary/aromatic N) is 1. The normalized spacial score (nSPS) is 22.2. The molecule has 0 unspecified atom stereocenters. The first kappa shape index (κ1) is 14.8. The van der Waals surface area contributed by atoms with Crippen molar-refractivity contribution in [3.63, 3.8) is 0 Å². The van der Waals surface area contributed by atoms with Crippen LogP contribution in [-0.2, 0) is 4.79 Å². The third-order valence-electron chi connectivity index (χ3n) is 4.93. The van der Waals surface area contributed by atoms with E-state index < -0.39 is 0 Å². The number of carbonyl (C=O) groups is 1. The van der Waals surface area contributed by atoms with Gasteiger partial charge in [-0.2, -0.15) is 0 Å². The van der Waals surface area contributed by atoms with Crippen LogP contribution in [0, 0.1) is 5.41 Å². The van der Waals surface area contributed by atoms with Gasteiger partial charge in [-0.1, -0.05) is 32.6 Å². The van der Waals surface area contributed by atoms with E-state index in [1.54, 1.807) is 0 Å². The van der Waals surface area contributed by atoms with Gasteiger partial charge in [0.25, 0.3) is 0 Å². The molecule has 3 heteroatoms. The average Bonchev–Trinajstić information content (AvgIpc) is 3.25. The summed E-state index contributed by atoms with van der Waals surface area (Å²) in [5, 5.41) is 0. The molecule has 3 nitrogen and oxygen atoms in total. The van der Waals surface area contributed by atoms with E-state index in [1.165, 1.54) is 38.5 Å². The maximum absolute atomic E-state index is 12.6. The fraction of sp³-hybridized carbons (Fsp3) is 0.938. The molecular formula is C16H30N2O. The maximum atomic E-state index is 12.6. The largest absolute Gasteiger partial charge is 0.340 e. The van der Waals surface area contributed by atoms with E-state index in [1.807, 2.05) is 0 Å². The van der Waals surface area contributed by atoms with Crippen LogP contribution in [0.3, 0.4) is 0 Å². The number of hydrogen-bond donors (Lipinski definition) is 1. The number of amides is 1. The molecule has 0 aliphatic heterocycles. The van der Waals surface area contributed by atoms with Crippen molar-refractivity contribution < 1.29 is 4.79 Å². The summed E-state index contributed by atoms with van der Waals surface area (Å²) in [6, 6.07) is 0.553. The van der Waals surface area contributed by atoms with Crippen molar-refractivity contribution in [3.05, 3.63) is 0 Å². The highest BCUT2D eigenvalue weighted by atomic mass is 16.2. The predicted molar refractivity (Wildman–Crippen MR) is 78.8 cm³/mol. The number of rotatable bonds is 7. The van der Waals surface area contributed by atoms with Crippen LogP contribution in [0.15, 0.2) is 0 Å². The molecule has 2 rings (SSSR count). The summed E-state index contributed by atoms with van der Waals surface area (Å²) in [5.74, 6) is 0.378. The summed E-state index contributed by atoms with van der Waals surface area (Å²) in [6.07, 6.45) is 11.6. The minimum Gasteiger partial charge on any atom is -0.340 e. The van der Waals surface area contributed by atoms with Crippen molar-refractivity contribution in [2.75, 3.05) is 13.1 Å². The SMILES string of the molecule is CCCCN(C(=O)CC1(CN)CCCCC1)C1CC1. The lowest BCUT2D eigenvalue weighted by Gasteiger charge is -2.37. The Hall–Kier alpha value is -0.570. The zero-order valence-electron chi connectivity index (χ0n) is 12.5. The topological polar surface area (TPSA) is 46.3 Å². The highest BCUT2D eigenvalue weighted by molar-refractivity contribution is 5.77. The van der Waals surface area contributed by atoms with Gasteiger partial charge in [0.2, 0.25) is 5.91 Å². The van der Waals surface area contributed by atoms with E-state index in [0.29, 0.717) is 24.9 Å². The molecule has 2 aliphatic carbocycles. The molecule has 2 saturated carbocycles. The first-order valence-electron chi connectivity index (χ1n) is 8.20. The quantitative estimate of drug-likeness (QED) is 0.769. The Morgan fingerprint density at radius 1 is 1.26 bits per heavy atom. The van der Waals surface area contributed by atoms with Crippen molar-refractivity contribution in [2.24, 2.45) is 11.1 Å². The van der Waals surface area contributed by atoms with Gasteiger partial charge in [0.05, 0.1) is 0 Å². The Labute approximate surface area is 117 Å². The molecule has 2 N–H and O–H groups in total. The van der Waals surface area contributed by atoms with Crippen molar-refractivity contribution in [1.29, 1.82) is 0 Å². The number of unbranched alkanes of at least 4 members (excludes halogenated alkanes) is 1. The number of hydrogen-bond acceptors (Lipinski definition) is 2. The van der Waals surface area contributed by atoms with Crippen molar-refractivity contribution in [2.45, 2.75) is 77.2 Å². The van der Waals surface area contributed by atoms with Crippen LogP contribution in [0.1, 0.15) is 71.1 Å². The smallest absolute Gasteiger partial charge is 0.223 e. The van der Waals surface area contributed by atoms with Crippen LogP contribution >= 0.6 is 0 Å². The van der Waals surface area contributed by atoms with Gasteiger partial charge >= 0.3 is 0 Å². The lowest BCUT2D eigenvalue weighted by molar-refractivity contribution is -0.134. The lowest BCUT2D eigenvalue weighted by atomic mass is 9.71. The molecule has 0 spiro atoms. The lowest BCUT2D eigenvalue weighted by Crippen LogP contribution is -2.41. The van der Waals surface area contributed by atoms with Gasteiger partial charge in [0.15, 0.2) is 0 Å². The molecule has 2 fully saturated rings. The molecule has 0 bridgehead atoms. The Kier molecular flexibility index (Phi) is 5.26. The van der Waals surface area contributed by atoms with E-state index in [4.69, 9.17) is 5.73 Å². The molecule has 110 valence electrons. The molecule has 0 radical (unpaired) electrons. The summed E-state index contributed by atoms with van der Waals surface area (Å²) in [7, 11) is 0. The van der Waals surface area contributed by atoms with Crippen LogP contribution in [0.5, 0.6) is 0 Å². The van der Waals surface area contributed by atoms with Crippen molar-refractivity contribution >= 4 is 5.91 Å². The van der Waals surface area contributed by atoms with Gasteiger partial charge in [-0.25, -0.2) is 0 Å². The third kappa shape index (κ3) is 3.95. The fourth-order valence-electron chi connectivity index (χ4n) is 3.40. The summed E-state index contributed by atoms with van der Waals surface area (Å²) in [5.41, 5.74) is 6.13. The van der Waals surface area contributed by atoms with Crippen molar-refractivity contribution in [1.82, 2.24) is 4.90 Å². The van der Waals surface area contributed by atoms with Crippen LogP contribution in [0.4, 0.5) is 0 Å². The molecule has 2 aliphatic rings. The van der Waals surface area contributed by atoms with E-state index in [0.717, 1.165) is 25.8 Å². The molecule has 19 heavy (non-hydrogen) atoms. The second kappa shape index (κ2) is 6.74. The Balaban J connectivity index is 1.92. The monoisotopic (exact) mass is 266 g/mol. The molecule has 0 atom stereocenters. The summed E-state index contributed by atoms with van der Waals surface area (Å²) in [6.45, 7) is 3.84. The molecule has 0 aromatic heterocycles. The second-order valence-corrected chi connectivity index (χ2v) is 6.61. The van der Waals surface area contributed by atoms with Gasteiger partial charge in [0.1, 0.15) is 0 Å². The average molecular weight is 266 g/mol. The number of carbonyl (C=O) groups excluding carboxylic acids is 1. The van der Waals surface area contributed by atoms with E-state index in [2.05, 4.69) is 11.8 Å². The zero-order valence-corrected chi connectivity index (χ0v) is 12.5. The Bertz CT molecular complexity index is 293. The molecule has 0 heterocycles. The minimum atomic E-state index is 0.120. The zero-order chi connectivity index (χ0) is 13.7. The number of nitrogens with two attached hydrogens (primary N) is 1. The Morgan fingerprint density at radius 2 is 1.95 bits per heavy atom. The summed E-state index contributed by atoms with van der Waals surface area (Å²) >= 11 is 0. The first-order chi connectivity index (χ1) is 9.21. The summed E-state index contributed by atoms with van der Waals surface area (Å²) in [4.78, 5) is 14.8. The molecule has 0 saturated heterocycles. The van der Waals surface area contributed by atoms with E-state index in [-0.39, 0.29) is 5.41 Å². The van der Waals surface area contributed by atoms with Gasteiger partial charge in [0, 0.05) is 19.0 Å². The first-order valence-corrected chi connectivity index (χ1v) is 8.20. The standard InChI is InChI=1S/C16H30N2O/c1-2-3-11-18(14-7-8-14)15(19)12-16(13-17)9-5-4-6-10-16/h14H,2-13,17H2,1H3. The van der Waals surface area contributed by atoms with Crippen LogP contribution in [0.2, 0.25) is 0 Å². The van der Waals surface area contributed by atoms with Gasteiger partial charge in [-0.15, -0.1) is 0 Å². The summed E-state index contributed by atoms with van der Waals surface area (Å²) < 4.78 is 0. The molecular weight excluding hydrogens is 236 g/mol. The highest BCUT2D eigenvalue weighted by Gasteiger charge is 2.38. The predicted octanol–water partition coefficient (Wildman–Crippen LogP) is 3.08. The molecule has 0 aromatic carbocycles. The van der Waals surface area contributed by atoms with Crippen LogP contribution in [-0.4, -0.2) is 29.9 Å². The maximum Gasteiger partial charge on any atom is 0.223 e. The molecule has 0 aromatic rings. The van der Waals surface area contributed by atoms with Crippen LogP contribution in [0.25, 0.3) is 0 Å². The fourth-order valence-corrected chi connectivity index (χ4v) is 3.40. The third-order valence-corrected chi connectivity index (χ3v) is 4.93. The van der Waals surface area contributed by atoms with E-state index in [9.17, 15) is 4.79 Å². The van der Waals surface area contributed by atoms with Crippen molar-refractivity contribution in [3.8, 4) is 0 Å². The van der Waals surface area contributed by atoms with Gasteiger partial charge in [-0.05, 0) is 44.1 Å².